The molecule has 0 spiro atoms. The fourth-order valence-corrected chi connectivity index (χ4v) is 4.55. The predicted octanol–water partition coefficient (Wildman–Crippen LogP) is 4.93. The van der Waals surface area contributed by atoms with Gasteiger partial charge in [-0.2, -0.15) is 0 Å². The van der Waals surface area contributed by atoms with Crippen LogP contribution in [-0.2, 0) is 11.2 Å². The molecule has 1 aromatic heterocycles. The van der Waals surface area contributed by atoms with Gasteiger partial charge in [-0.1, -0.05) is 50.1 Å². The molecule has 1 aliphatic rings. The molecule has 0 radical (unpaired) electrons. The minimum Gasteiger partial charge on any atom is -0.495 e. The fourth-order valence-electron chi connectivity index (χ4n) is 4.55. The molecule has 2 aromatic carbocycles. The van der Waals surface area contributed by atoms with Crippen LogP contribution >= 0.6 is 0 Å². The van der Waals surface area contributed by atoms with Gasteiger partial charge in [0.1, 0.15) is 5.75 Å². The number of aliphatic hydroxyl groups excluding tert-OH is 1. The highest BCUT2D eigenvalue weighted by Gasteiger charge is 2.32. The average molecular weight is 460 g/mol. The Morgan fingerprint density at radius 1 is 1.26 bits per heavy atom. The monoisotopic (exact) mass is 459 g/mol. The fraction of sp³-hybridized carbons (Fsp3) is 0.357. The first-order chi connectivity index (χ1) is 16.5. The van der Waals surface area contributed by atoms with Crippen molar-refractivity contribution >= 4 is 12.0 Å². The second kappa shape index (κ2) is 10.7. The van der Waals surface area contributed by atoms with E-state index in [0.717, 1.165) is 47.3 Å². The van der Waals surface area contributed by atoms with Crippen LogP contribution in [0.5, 0.6) is 5.75 Å². The van der Waals surface area contributed by atoms with Gasteiger partial charge in [0.05, 0.1) is 37.0 Å². The van der Waals surface area contributed by atoms with E-state index >= 15 is 0 Å². The molecular formula is C28H33N3O3. The molecule has 1 amide bonds. The minimum atomic E-state index is -0.615. The predicted molar refractivity (Wildman–Crippen MR) is 134 cm³/mol. The topological polar surface area (TPSA) is 76.4 Å². The first kappa shape index (κ1) is 23.8. The Morgan fingerprint density at radius 2 is 2.09 bits per heavy atom. The molecule has 0 unspecified atom stereocenters. The molecule has 0 fully saturated rings. The molecule has 0 saturated carbocycles. The number of benzene rings is 2. The van der Waals surface area contributed by atoms with Gasteiger partial charge >= 0.3 is 0 Å². The largest absolute Gasteiger partial charge is 0.495 e. The number of rotatable bonds is 9. The second-order valence-electron chi connectivity index (χ2n) is 8.90. The first-order valence-corrected chi connectivity index (χ1v) is 12.0. The van der Waals surface area contributed by atoms with Crippen molar-refractivity contribution in [3.8, 4) is 11.4 Å². The van der Waals surface area contributed by atoms with Crippen molar-refractivity contribution in [3.05, 3.63) is 82.9 Å². The number of carbonyl (C=O) groups excluding carboxylic acids is 1. The molecule has 0 bridgehead atoms. The Balaban J connectivity index is 1.60. The Bertz CT molecular complexity index is 1180. The van der Waals surface area contributed by atoms with Crippen molar-refractivity contribution in [1.29, 1.82) is 0 Å². The van der Waals surface area contributed by atoms with Gasteiger partial charge in [0.25, 0.3) is 0 Å². The number of imidazole rings is 1. The molecule has 0 saturated heterocycles. The number of methoxy groups -OCH3 is 1. The molecular weight excluding hydrogens is 426 g/mol. The van der Waals surface area contributed by atoms with E-state index in [-0.39, 0.29) is 11.9 Å². The molecule has 2 atom stereocenters. The third-order valence-electron chi connectivity index (χ3n) is 6.37. The van der Waals surface area contributed by atoms with Crippen LogP contribution in [0.25, 0.3) is 11.8 Å². The molecule has 1 heterocycles. The lowest BCUT2D eigenvalue weighted by molar-refractivity contribution is -0.119. The third kappa shape index (κ3) is 5.23. The van der Waals surface area contributed by atoms with Crippen LogP contribution in [0.15, 0.2) is 60.6 Å². The number of aromatic nitrogens is 2. The van der Waals surface area contributed by atoms with Gasteiger partial charge in [0.15, 0.2) is 0 Å². The molecule has 0 aliphatic heterocycles. The van der Waals surface area contributed by atoms with Gasteiger partial charge in [-0.25, -0.2) is 4.98 Å². The maximum Gasteiger partial charge on any atom is 0.247 e. The van der Waals surface area contributed by atoms with Gasteiger partial charge < -0.3 is 19.7 Å². The minimum absolute atomic E-state index is 0.134. The number of aryl methyl sites for hydroxylation is 1. The molecule has 3 aromatic rings. The van der Waals surface area contributed by atoms with E-state index in [1.165, 1.54) is 0 Å². The van der Waals surface area contributed by atoms with Gasteiger partial charge in [0.2, 0.25) is 5.91 Å². The summed E-state index contributed by atoms with van der Waals surface area (Å²) in [6.45, 7) is 4.09. The zero-order valence-corrected chi connectivity index (χ0v) is 20.1. The van der Waals surface area contributed by atoms with E-state index in [4.69, 9.17) is 4.74 Å². The van der Waals surface area contributed by atoms with E-state index in [1.807, 2.05) is 66.2 Å². The van der Waals surface area contributed by atoms with Gasteiger partial charge in [-0.05, 0) is 54.7 Å². The zero-order chi connectivity index (χ0) is 24.1. The molecule has 34 heavy (non-hydrogen) atoms. The quantitative estimate of drug-likeness (QED) is 0.351. The molecule has 6 heteroatoms. The summed E-state index contributed by atoms with van der Waals surface area (Å²) in [5, 5.41) is 13.7. The number of nitrogens with zero attached hydrogens (tertiary/aromatic N) is 2. The highest BCUT2D eigenvalue weighted by atomic mass is 16.5. The van der Waals surface area contributed by atoms with Gasteiger partial charge in [-0.3, -0.25) is 4.79 Å². The van der Waals surface area contributed by atoms with Crippen molar-refractivity contribution in [1.82, 2.24) is 14.9 Å². The summed E-state index contributed by atoms with van der Waals surface area (Å²) in [4.78, 5) is 17.7. The van der Waals surface area contributed by atoms with Crippen LogP contribution in [0.2, 0.25) is 0 Å². The number of amides is 1. The number of unbranched alkanes of at least 4 members (excludes halogenated alkanes) is 2. The van der Waals surface area contributed by atoms with E-state index in [1.54, 1.807) is 13.4 Å². The number of nitrogens with one attached hydrogen (secondary N) is 1. The number of hydrogen-bond donors (Lipinski definition) is 2. The van der Waals surface area contributed by atoms with E-state index in [0.29, 0.717) is 24.2 Å². The number of hydrogen-bond acceptors (Lipinski definition) is 4. The summed E-state index contributed by atoms with van der Waals surface area (Å²) in [5.74, 6) is 0.574. The van der Waals surface area contributed by atoms with E-state index in [9.17, 15) is 9.90 Å². The average Bonchev–Trinajstić information content (AvgIpc) is 3.41. The van der Waals surface area contributed by atoms with Crippen LogP contribution in [0, 0.1) is 6.92 Å². The number of aliphatic hydroxyl groups is 1. The van der Waals surface area contributed by atoms with Crippen molar-refractivity contribution in [2.45, 2.75) is 58.1 Å². The summed E-state index contributed by atoms with van der Waals surface area (Å²) in [6.07, 6.45) is 9.33. The smallest absolute Gasteiger partial charge is 0.247 e. The van der Waals surface area contributed by atoms with Crippen molar-refractivity contribution in [2.75, 3.05) is 7.11 Å². The van der Waals surface area contributed by atoms with Gasteiger partial charge in [0, 0.05) is 18.2 Å². The lowest BCUT2D eigenvalue weighted by Crippen LogP contribution is -2.34. The number of carbonyl (C=O) groups is 1. The lowest BCUT2D eigenvalue weighted by atomic mass is 10.0. The van der Waals surface area contributed by atoms with E-state index in [2.05, 4.69) is 17.2 Å². The van der Waals surface area contributed by atoms with Crippen LogP contribution in [-0.4, -0.2) is 33.8 Å². The van der Waals surface area contributed by atoms with Crippen LogP contribution in [0.4, 0.5) is 0 Å². The highest BCUT2D eigenvalue weighted by Crippen LogP contribution is 2.32. The summed E-state index contributed by atoms with van der Waals surface area (Å²) >= 11 is 0. The van der Waals surface area contributed by atoms with Crippen molar-refractivity contribution in [3.63, 3.8) is 0 Å². The summed E-state index contributed by atoms with van der Waals surface area (Å²) in [5.41, 5.74) is 5.51. The maximum absolute atomic E-state index is 13.4. The van der Waals surface area contributed by atoms with Crippen molar-refractivity contribution < 1.29 is 14.6 Å². The summed E-state index contributed by atoms with van der Waals surface area (Å²) in [6, 6.07) is 13.4. The normalized spacial score (nSPS) is 17.5. The Hall–Kier alpha value is -3.38. The summed E-state index contributed by atoms with van der Waals surface area (Å²) < 4.78 is 7.57. The van der Waals surface area contributed by atoms with Crippen LogP contribution < -0.4 is 10.1 Å². The Labute approximate surface area is 201 Å². The second-order valence-corrected chi connectivity index (χ2v) is 8.90. The SMILES string of the molecule is CCCCC/C(=C\c1ccc(-n2cnc(C)c2)c(OC)c1)C(=O)N[C@@H]1c2ccccc2C[C@@H]1O. The van der Waals surface area contributed by atoms with Gasteiger partial charge in [-0.15, -0.1) is 0 Å². The highest BCUT2D eigenvalue weighted by molar-refractivity contribution is 5.98. The zero-order valence-electron chi connectivity index (χ0n) is 20.1. The Morgan fingerprint density at radius 3 is 2.82 bits per heavy atom. The first-order valence-electron chi connectivity index (χ1n) is 12.0. The number of ether oxygens (including phenoxy) is 1. The molecule has 1 aliphatic carbocycles. The molecule has 2 N–H and O–H groups in total. The van der Waals surface area contributed by atoms with Crippen LogP contribution in [0.1, 0.15) is 61.0 Å². The lowest BCUT2D eigenvalue weighted by Gasteiger charge is -2.19. The summed E-state index contributed by atoms with van der Waals surface area (Å²) in [7, 11) is 1.64. The van der Waals surface area contributed by atoms with Crippen molar-refractivity contribution in [2.24, 2.45) is 0 Å². The third-order valence-corrected chi connectivity index (χ3v) is 6.37. The standard InChI is InChI=1S/C28H33N3O3/c1-4-5-6-10-22(28(33)30-27-23-11-8-7-9-21(23)16-25(27)32)14-20-12-13-24(26(15-20)34-3)31-17-19(2)29-18-31/h7-9,11-15,17-18,25,27,32H,4-6,10,16H2,1-3H3,(H,30,33)/b22-14+/t25-,27+/m0/s1. The number of fused-ring (bicyclic) bond motifs is 1. The Kier molecular flexibility index (Phi) is 7.48. The maximum atomic E-state index is 13.4. The van der Waals surface area contributed by atoms with E-state index < -0.39 is 6.10 Å². The van der Waals surface area contributed by atoms with Crippen LogP contribution in [0.3, 0.4) is 0 Å². The molecule has 178 valence electrons. The molecule has 6 nitrogen and oxygen atoms in total. The molecule has 4 rings (SSSR count).